The Morgan fingerprint density at radius 2 is 2.21 bits per heavy atom. The van der Waals surface area contributed by atoms with Gasteiger partial charge in [0, 0.05) is 55.1 Å². The van der Waals surface area contributed by atoms with Crippen LogP contribution in [0.2, 0.25) is 5.15 Å². The molecule has 0 radical (unpaired) electrons. The molecule has 2 unspecified atom stereocenters. The van der Waals surface area contributed by atoms with E-state index in [4.69, 9.17) is 27.7 Å². The highest BCUT2D eigenvalue weighted by atomic mass is 35.5. The largest absolute Gasteiger partial charge is 0.404 e. The van der Waals surface area contributed by atoms with E-state index in [0.29, 0.717) is 23.2 Å². The van der Waals surface area contributed by atoms with Crippen LogP contribution >= 0.6 is 11.6 Å². The highest BCUT2D eigenvalue weighted by Gasteiger charge is 2.36. The molecule has 2 aliphatic heterocycles. The van der Waals surface area contributed by atoms with Crippen molar-refractivity contribution in [3.8, 4) is 0 Å². The van der Waals surface area contributed by atoms with E-state index in [1.807, 2.05) is 16.7 Å². The number of fused-ring (bicyclic) bond motifs is 1. The van der Waals surface area contributed by atoms with E-state index in [9.17, 15) is 0 Å². The van der Waals surface area contributed by atoms with Crippen molar-refractivity contribution >= 4 is 29.3 Å². The van der Waals surface area contributed by atoms with Crippen molar-refractivity contribution in [2.75, 3.05) is 13.1 Å². The summed E-state index contributed by atoms with van der Waals surface area (Å²) in [5, 5.41) is 14.8. The summed E-state index contributed by atoms with van der Waals surface area (Å²) in [5.74, 6) is 0.710. The summed E-state index contributed by atoms with van der Waals surface area (Å²) in [4.78, 5) is 15.7. The lowest BCUT2D eigenvalue weighted by molar-refractivity contribution is 0.109. The second-order valence-corrected chi connectivity index (χ2v) is 8.18. The van der Waals surface area contributed by atoms with E-state index < -0.39 is 0 Å². The summed E-state index contributed by atoms with van der Waals surface area (Å²) in [7, 11) is 0. The molecule has 5 N–H and O–H groups in total. The summed E-state index contributed by atoms with van der Waals surface area (Å²) in [6, 6.07) is -0.0381. The van der Waals surface area contributed by atoms with Crippen LogP contribution in [0.25, 0.3) is 5.65 Å². The topological polar surface area (TPSA) is 120 Å². The minimum atomic E-state index is -0.156. The maximum absolute atomic E-state index is 7.65. The van der Waals surface area contributed by atoms with Crippen molar-refractivity contribution in [2.24, 2.45) is 10.7 Å². The molecule has 0 spiro atoms. The molecule has 0 aliphatic carbocycles. The molecule has 1 saturated heterocycles. The van der Waals surface area contributed by atoms with Gasteiger partial charge in [0.05, 0.1) is 12.4 Å². The Labute approximate surface area is 173 Å². The number of nitrogens with two attached hydrogens (primary N) is 1. The van der Waals surface area contributed by atoms with Gasteiger partial charge in [0.15, 0.2) is 11.5 Å². The standard InChI is InChI=1S/C19H24ClN9/c1-19(2)11-28(9-13(27-19)12(5-21)6-22)16-3-4-23-18(26-16)14-7-25-17-8-24-15(20)10-29(14)17/h3-8,10,13,16,21,27H,9,11,22H2,1-2H3,(H,23,26)/b12-6+,21-5?. The van der Waals surface area contributed by atoms with Gasteiger partial charge in [-0.3, -0.25) is 9.30 Å². The van der Waals surface area contributed by atoms with Gasteiger partial charge in [-0.2, -0.15) is 0 Å². The van der Waals surface area contributed by atoms with Crippen LogP contribution in [-0.2, 0) is 0 Å². The summed E-state index contributed by atoms with van der Waals surface area (Å²) in [6.07, 6.45) is 11.7. The number of aromatic nitrogens is 3. The van der Waals surface area contributed by atoms with E-state index in [1.165, 1.54) is 12.4 Å². The number of imidazole rings is 1. The second-order valence-electron chi connectivity index (χ2n) is 7.80. The van der Waals surface area contributed by atoms with E-state index in [-0.39, 0.29) is 17.7 Å². The molecule has 9 nitrogen and oxygen atoms in total. The van der Waals surface area contributed by atoms with Crippen LogP contribution in [0.1, 0.15) is 19.5 Å². The van der Waals surface area contributed by atoms with Gasteiger partial charge in [-0.15, -0.1) is 0 Å². The van der Waals surface area contributed by atoms with E-state index in [1.54, 1.807) is 18.6 Å². The molecule has 0 bridgehead atoms. The van der Waals surface area contributed by atoms with Crippen LogP contribution < -0.4 is 16.4 Å². The van der Waals surface area contributed by atoms with Crippen molar-refractivity contribution in [3.63, 3.8) is 0 Å². The van der Waals surface area contributed by atoms with Crippen LogP contribution in [0.4, 0.5) is 0 Å². The average molecular weight is 414 g/mol. The van der Waals surface area contributed by atoms with E-state index in [0.717, 1.165) is 17.8 Å². The molecule has 2 atom stereocenters. The second kappa shape index (κ2) is 7.58. The first kappa shape index (κ1) is 19.6. The predicted octanol–water partition coefficient (Wildman–Crippen LogP) is 1.12. The number of hydrogen-bond acceptors (Lipinski definition) is 8. The van der Waals surface area contributed by atoms with Crippen LogP contribution in [0.15, 0.2) is 47.6 Å². The molecule has 2 aromatic rings. The Hall–Kier alpha value is -2.75. The van der Waals surface area contributed by atoms with Crippen LogP contribution in [0.5, 0.6) is 0 Å². The molecular weight excluding hydrogens is 390 g/mol. The fourth-order valence-electron chi connectivity index (χ4n) is 3.83. The number of rotatable bonds is 4. The first-order valence-corrected chi connectivity index (χ1v) is 9.72. The van der Waals surface area contributed by atoms with Crippen molar-refractivity contribution < 1.29 is 0 Å². The van der Waals surface area contributed by atoms with Gasteiger partial charge in [-0.25, -0.2) is 15.0 Å². The fourth-order valence-corrected chi connectivity index (χ4v) is 3.98. The van der Waals surface area contributed by atoms with Crippen LogP contribution in [-0.4, -0.2) is 62.2 Å². The third kappa shape index (κ3) is 3.89. The highest BCUT2D eigenvalue weighted by molar-refractivity contribution is 6.29. The number of halogens is 1. The maximum Gasteiger partial charge on any atom is 0.155 e. The molecular formula is C19H24ClN9. The number of amidine groups is 1. The Balaban J connectivity index is 1.65. The quantitative estimate of drug-likeness (QED) is 0.557. The molecule has 0 saturated carbocycles. The highest BCUT2D eigenvalue weighted by Crippen LogP contribution is 2.22. The van der Waals surface area contributed by atoms with Crippen molar-refractivity contribution in [2.45, 2.75) is 31.6 Å². The third-order valence-corrected chi connectivity index (χ3v) is 5.27. The lowest BCUT2D eigenvalue weighted by atomic mass is 9.94. The van der Waals surface area contributed by atoms with E-state index >= 15 is 0 Å². The van der Waals surface area contributed by atoms with Gasteiger partial charge in [0.25, 0.3) is 0 Å². The number of piperazine rings is 1. The van der Waals surface area contributed by atoms with Crippen molar-refractivity contribution in [1.29, 1.82) is 5.41 Å². The zero-order valence-electron chi connectivity index (χ0n) is 16.3. The number of nitrogens with one attached hydrogen (secondary N) is 3. The van der Waals surface area contributed by atoms with Gasteiger partial charge < -0.3 is 21.8 Å². The maximum atomic E-state index is 7.65. The Morgan fingerprint density at radius 3 is 2.97 bits per heavy atom. The van der Waals surface area contributed by atoms with Gasteiger partial charge in [-0.05, 0) is 19.9 Å². The third-order valence-electron chi connectivity index (χ3n) is 5.07. The Bertz CT molecular complexity index is 1020. The Kier molecular flexibility index (Phi) is 5.12. The number of nitrogens with zero attached hydrogens (tertiary/aromatic N) is 5. The van der Waals surface area contributed by atoms with Gasteiger partial charge >= 0.3 is 0 Å². The van der Waals surface area contributed by atoms with Gasteiger partial charge in [0.2, 0.25) is 0 Å². The number of aliphatic imine (C=N–C) groups is 1. The summed E-state index contributed by atoms with van der Waals surface area (Å²) >= 11 is 6.06. The summed E-state index contributed by atoms with van der Waals surface area (Å²) in [5.41, 5.74) is 7.84. The van der Waals surface area contributed by atoms with Gasteiger partial charge in [-0.1, -0.05) is 11.6 Å². The summed E-state index contributed by atoms with van der Waals surface area (Å²) < 4.78 is 1.87. The normalized spacial score (nSPS) is 24.9. The summed E-state index contributed by atoms with van der Waals surface area (Å²) in [6.45, 7) is 5.77. The predicted molar refractivity (Wildman–Crippen MR) is 114 cm³/mol. The molecule has 2 aliphatic rings. The first-order valence-electron chi connectivity index (χ1n) is 9.34. The molecule has 4 heterocycles. The molecule has 0 aromatic carbocycles. The molecule has 29 heavy (non-hydrogen) atoms. The molecule has 1 fully saturated rings. The minimum Gasteiger partial charge on any atom is -0.404 e. The molecule has 4 rings (SSSR count). The minimum absolute atomic E-state index is 0.0381. The molecule has 152 valence electrons. The monoisotopic (exact) mass is 413 g/mol. The zero-order chi connectivity index (χ0) is 20.6. The van der Waals surface area contributed by atoms with Crippen molar-refractivity contribution in [3.05, 3.63) is 53.5 Å². The number of hydrogen-bond donors (Lipinski definition) is 4. The molecule has 10 heteroatoms. The fraction of sp³-hybridized carbons (Fsp3) is 0.368. The van der Waals surface area contributed by atoms with E-state index in [2.05, 4.69) is 39.3 Å². The molecule has 2 aromatic heterocycles. The van der Waals surface area contributed by atoms with Gasteiger partial charge in [0.1, 0.15) is 17.0 Å². The smallest absolute Gasteiger partial charge is 0.155 e. The first-order chi connectivity index (χ1) is 13.9. The molecule has 0 amide bonds. The van der Waals surface area contributed by atoms with Crippen LogP contribution in [0.3, 0.4) is 0 Å². The average Bonchev–Trinajstić information content (AvgIpc) is 3.11. The zero-order valence-corrected chi connectivity index (χ0v) is 17.1. The lowest BCUT2D eigenvalue weighted by Gasteiger charge is -2.46. The Morgan fingerprint density at radius 1 is 1.38 bits per heavy atom. The van der Waals surface area contributed by atoms with Crippen LogP contribution in [0, 0.1) is 5.41 Å². The lowest BCUT2D eigenvalue weighted by Crippen LogP contribution is -2.64. The van der Waals surface area contributed by atoms with Crippen molar-refractivity contribution in [1.82, 2.24) is 29.9 Å². The SMILES string of the molecule is CC1(C)CN(C2C=CNC(c3cnc4cnc(Cl)cn34)=N2)CC(/C(C=N)=C/N)N1.